The smallest absolute Gasteiger partial charge is 0.453 e. The van der Waals surface area contributed by atoms with Crippen molar-refractivity contribution in [1.29, 1.82) is 0 Å². The number of piperazine rings is 2. The van der Waals surface area contributed by atoms with Crippen molar-refractivity contribution in [3.63, 3.8) is 0 Å². The Balaban J connectivity index is 1.21. The number of aromatic nitrogens is 4. The third kappa shape index (κ3) is 7.59. The molecule has 0 saturated carbocycles. The highest BCUT2D eigenvalue weighted by atomic mass is 19.4. The number of hydrogen-bond acceptors (Lipinski definition) is 8. The maximum absolute atomic E-state index is 13.7. The molecule has 5 aromatic rings. The molecule has 2 fully saturated rings. The summed E-state index contributed by atoms with van der Waals surface area (Å²) in [5.74, 6) is -0.655. The summed E-state index contributed by atoms with van der Waals surface area (Å²) in [7, 11) is 1.54. The van der Waals surface area contributed by atoms with Crippen molar-refractivity contribution in [3.05, 3.63) is 137 Å². The molecule has 264 valence electrons. The van der Waals surface area contributed by atoms with E-state index in [1.165, 1.54) is 24.3 Å². The number of carbonyl (C=O) groups excluding carboxylic acids is 1. The number of amides is 1. The molecule has 0 radical (unpaired) electrons. The Kier molecular flexibility index (Phi) is 10.00. The first-order valence-electron chi connectivity index (χ1n) is 16.8. The van der Waals surface area contributed by atoms with Gasteiger partial charge in [0.1, 0.15) is 12.4 Å². The molecule has 1 amide bonds. The first-order valence-corrected chi connectivity index (χ1v) is 16.8. The Labute approximate surface area is 294 Å². The van der Waals surface area contributed by atoms with Crippen LogP contribution >= 0.6 is 0 Å². The maximum atomic E-state index is 13.7. The highest BCUT2D eigenvalue weighted by molar-refractivity contribution is 5.68. The van der Waals surface area contributed by atoms with Crippen molar-refractivity contribution < 1.29 is 27.4 Å². The van der Waals surface area contributed by atoms with Gasteiger partial charge >= 0.3 is 12.3 Å². The van der Waals surface area contributed by atoms with Crippen molar-refractivity contribution in [2.45, 2.75) is 37.3 Å². The van der Waals surface area contributed by atoms with Gasteiger partial charge in [-0.3, -0.25) is 9.80 Å². The predicted octanol–water partition coefficient (Wildman–Crippen LogP) is 6.03. The van der Waals surface area contributed by atoms with Gasteiger partial charge in [-0.15, -0.1) is 5.10 Å². The van der Waals surface area contributed by atoms with Crippen molar-refractivity contribution in [1.82, 2.24) is 34.9 Å². The number of carbonyl (C=O) groups is 1. The van der Waals surface area contributed by atoms with Gasteiger partial charge in [-0.25, -0.2) is 4.79 Å². The molecule has 1 unspecified atom stereocenters. The van der Waals surface area contributed by atoms with E-state index < -0.39 is 12.0 Å². The van der Waals surface area contributed by atoms with Crippen LogP contribution < -0.4 is 4.74 Å². The van der Waals surface area contributed by atoms with E-state index in [0.717, 1.165) is 5.56 Å². The van der Waals surface area contributed by atoms with Crippen LogP contribution in [0, 0.1) is 0 Å². The molecule has 0 bridgehead atoms. The van der Waals surface area contributed by atoms with E-state index in [1.54, 1.807) is 17.0 Å². The highest BCUT2D eigenvalue weighted by Gasteiger charge is 2.44. The summed E-state index contributed by atoms with van der Waals surface area (Å²) in [5, 5.41) is 10.1. The minimum atomic E-state index is -4.73. The van der Waals surface area contributed by atoms with E-state index in [4.69, 9.17) is 9.47 Å². The lowest BCUT2D eigenvalue weighted by molar-refractivity contribution is -0.146. The Bertz CT molecular complexity index is 1870. The molecular formula is C38H38F3N7O3. The molecule has 10 nitrogen and oxygen atoms in total. The van der Waals surface area contributed by atoms with E-state index in [9.17, 15) is 18.0 Å². The molecule has 7 rings (SSSR count). The lowest BCUT2D eigenvalue weighted by Gasteiger charge is -2.53. The molecule has 4 aromatic carbocycles. The zero-order valence-corrected chi connectivity index (χ0v) is 28.1. The van der Waals surface area contributed by atoms with Crippen LogP contribution in [-0.4, -0.2) is 92.9 Å². The second-order valence-corrected chi connectivity index (χ2v) is 12.8. The third-order valence-electron chi connectivity index (χ3n) is 9.66. The predicted molar refractivity (Wildman–Crippen MR) is 183 cm³/mol. The van der Waals surface area contributed by atoms with Crippen molar-refractivity contribution >= 4 is 6.09 Å². The van der Waals surface area contributed by atoms with Crippen molar-refractivity contribution in [2.24, 2.45) is 0 Å². The largest absolute Gasteiger partial charge is 0.496 e. The fourth-order valence-corrected chi connectivity index (χ4v) is 7.37. The fourth-order valence-electron chi connectivity index (χ4n) is 7.37. The first kappa shape index (κ1) is 34.2. The molecule has 0 aliphatic carbocycles. The van der Waals surface area contributed by atoms with Gasteiger partial charge in [-0.05, 0) is 45.3 Å². The van der Waals surface area contributed by atoms with E-state index in [-0.39, 0.29) is 36.4 Å². The average molecular weight is 698 g/mol. The number of tetrazole rings is 1. The number of fused-ring (bicyclic) bond motifs is 1. The monoisotopic (exact) mass is 697 g/mol. The lowest BCUT2D eigenvalue weighted by Crippen LogP contribution is -2.67. The quantitative estimate of drug-likeness (QED) is 0.185. The normalized spacial score (nSPS) is 18.4. The molecular weight excluding hydrogens is 659 g/mol. The molecule has 2 aliphatic rings. The number of benzene rings is 4. The standard InChI is InChI=1S/C38H38F3N7O3/c1-50-34-18-17-31(48-36(38(39,40)41)42-43-44-48)21-30(34)22-45-23-32-24-46(37(49)51-26-27-11-5-2-6-12-27)19-20-47(32)33(25-45)35(28-13-7-3-8-14-28)29-15-9-4-10-16-29/h2-18,21,32-33,35H,19-20,22-26H2,1H3/t32-,33?/m0/s1. The Hall–Kier alpha value is -5.27. The second kappa shape index (κ2) is 14.9. The molecule has 1 aromatic heterocycles. The minimum Gasteiger partial charge on any atom is -0.496 e. The van der Waals surface area contributed by atoms with Crippen LogP contribution in [0.15, 0.2) is 109 Å². The van der Waals surface area contributed by atoms with Crippen LogP contribution in [0.4, 0.5) is 18.0 Å². The van der Waals surface area contributed by atoms with Crippen LogP contribution in [0.3, 0.4) is 0 Å². The molecule has 0 spiro atoms. The molecule has 2 saturated heterocycles. The van der Waals surface area contributed by atoms with Gasteiger partial charge in [0.05, 0.1) is 12.8 Å². The van der Waals surface area contributed by atoms with E-state index in [1.807, 2.05) is 42.5 Å². The maximum Gasteiger partial charge on any atom is 0.453 e. The van der Waals surface area contributed by atoms with E-state index >= 15 is 0 Å². The SMILES string of the molecule is COc1ccc(-n2nnnc2C(F)(F)F)cc1CN1CC(C(c2ccccc2)c2ccccc2)N2CCN(C(=O)OCc3ccccc3)C[C@@H]2C1. The highest BCUT2D eigenvalue weighted by Crippen LogP contribution is 2.37. The van der Waals surface area contributed by atoms with Gasteiger partial charge in [0.15, 0.2) is 0 Å². The summed E-state index contributed by atoms with van der Waals surface area (Å²) in [6.45, 7) is 3.51. The number of halogens is 3. The minimum absolute atomic E-state index is 0.0121. The Morgan fingerprint density at radius 1 is 0.863 bits per heavy atom. The summed E-state index contributed by atoms with van der Waals surface area (Å²) < 4.78 is 53.3. The number of alkyl halides is 3. The number of ether oxygens (including phenoxy) is 2. The summed E-state index contributed by atoms with van der Waals surface area (Å²) >= 11 is 0. The fraction of sp³-hybridized carbons (Fsp3) is 0.316. The molecule has 51 heavy (non-hydrogen) atoms. The molecule has 2 aliphatic heterocycles. The molecule has 3 heterocycles. The summed E-state index contributed by atoms with van der Waals surface area (Å²) in [5.41, 5.74) is 4.14. The molecule has 2 atom stereocenters. The summed E-state index contributed by atoms with van der Waals surface area (Å²) in [6, 6.07) is 35.2. The van der Waals surface area contributed by atoms with Gasteiger partial charge in [0.25, 0.3) is 5.82 Å². The zero-order valence-electron chi connectivity index (χ0n) is 28.1. The van der Waals surface area contributed by atoms with Gasteiger partial charge in [-0.2, -0.15) is 17.9 Å². The number of nitrogens with zero attached hydrogens (tertiary/aromatic N) is 7. The number of methoxy groups -OCH3 is 1. The van der Waals surface area contributed by atoms with Crippen molar-refractivity contribution in [2.75, 3.05) is 39.8 Å². The lowest BCUT2D eigenvalue weighted by atomic mass is 9.81. The average Bonchev–Trinajstić information content (AvgIpc) is 3.67. The first-order chi connectivity index (χ1) is 24.8. The van der Waals surface area contributed by atoms with Crippen molar-refractivity contribution in [3.8, 4) is 11.4 Å². The van der Waals surface area contributed by atoms with Gasteiger partial charge < -0.3 is 14.4 Å². The number of rotatable bonds is 9. The van der Waals surface area contributed by atoms with Crippen LogP contribution in [0.25, 0.3) is 5.69 Å². The van der Waals surface area contributed by atoms with Crippen LogP contribution in [0.2, 0.25) is 0 Å². The zero-order chi connectivity index (χ0) is 35.4. The van der Waals surface area contributed by atoms with Crippen LogP contribution in [0.1, 0.15) is 34.0 Å². The van der Waals surface area contributed by atoms with Gasteiger partial charge in [-0.1, -0.05) is 91.0 Å². The third-order valence-corrected chi connectivity index (χ3v) is 9.66. The second-order valence-electron chi connectivity index (χ2n) is 12.8. The van der Waals surface area contributed by atoms with Gasteiger partial charge in [0, 0.05) is 62.8 Å². The Morgan fingerprint density at radius 3 is 2.18 bits per heavy atom. The van der Waals surface area contributed by atoms with E-state index in [2.05, 4.69) is 73.9 Å². The molecule has 0 N–H and O–H groups in total. The van der Waals surface area contributed by atoms with E-state index in [0.29, 0.717) is 55.3 Å². The number of hydrogen-bond donors (Lipinski definition) is 0. The van der Waals surface area contributed by atoms with Gasteiger partial charge in [0.2, 0.25) is 0 Å². The van der Waals surface area contributed by atoms with Crippen LogP contribution in [0.5, 0.6) is 5.75 Å². The molecule has 13 heteroatoms. The summed E-state index contributed by atoms with van der Waals surface area (Å²) in [4.78, 5) is 20.0. The Morgan fingerprint density at radius 2 is 1.53 bits per heavy atom. The van der Waals surface area contributed by atoms with Crippen LogP contribution in [-0.2, 0) is 24.1 Å². The topological polar surface area (TPSA) is 88.9 Å². The summed E-state index contributed by atoms with van der Waals surface area (Å²) in [6.07, 6.45) is -5.09.